The molecule has 3 aromatic rings. The molecular weight excluding hydrogens is 341 g/mol. The fraction of sp³-hybridized carbons (Fsp3) is 0.182. The highest BCUT2D eigenvalue weighted by atomic mass is 19.1. The number of nitrogens with one attached hydrogen (secondary N) is 2. The van der Waals surface area contributed by atoms with Crippen LogP contribution in [0.15, 0.2) is 72.9 Å². The quantitative estimate of drug-likeness (QED) is 0.655. The van der Waals surface area contributed by atoms with Gasteiger partial charge in [-0.1, -0.05) is 42.5 Å². The van der Waals surface area contributed by atoms with Crippen LogP contribution in [0, 0.1) is 5.82 Å². The van der Waals surface area contributed by atoms with Crippen molar-refractivity contribution >= 4 is 11.6 Å². The van der Waals surface area contributed by atoms with E-state index in [0.717, 1.165) is 11.3 Å². The molecule has 2 N–H and O–H groups in total. The summed E-state index contributed by atoms with van der Waals surface area (Å²) in [4.78, 5) is 16.5. The Bertz CT molecular complexity index is 882. The predicted octanol–water partition coefficient (Wildman–Crippen LogP) is 4.37. The van der Waals surface area contributed by atoms with Gasteiger partial charge in [-0.25, -0.2) is 4.39 Å². The van der Waals surface area contributed by atoms with Gasteiger partial charge in [-0.2, -0.15) is 0 Å². The maximum absolute atomic E-state index is 12.9. The lowest BCUT2D eigenvalue weighted by molar-refractivity contribution is 0.0949. The molecule has 5 heteroatoms. The Kier molecular flexibility index (Phi) is 6.15. The van der Waals surface area contributed by atoms with E-state index in [1.165, 1.54) is 17.7 Å². The van der Waals surface area contributed by atoms with Gasteiger partial charge >= 0.3 is 0 Å². The van der Waals surface area contributed by atoms with E-state index >= 15 is 0 Å². The van der Waals surface area contributed by atoms with Gasteiger partial charge in [0, 0.05) is 24.5 Å². The second-order valence-corrected chi connectivity index (χ2v) is 6.34. The van der Waals surface area contributed by atoms with Crippen LogP contribution in [0.4, 0.5) is 10.1 Å². The summed E-state index contributed by atoms with van der Waals surface area (Å²) in [5.41, 5.74) is 3.33. The molecule has 1 atom stereocenters. The Labute approximate surface area is 158 Å². The van der Waals surface area contributed by atoms with Crippen molar-refractivity contribution in [2.45, 2.75) is 19.4 Å². The maximum atomic E-state index is 12.9. The average molecular weight is 363 g/mol. The van der Waals surface area contributed by atoms with Crippen molar-refractivity contribution in [2.24, 2.45) is 0 Å². The lowest BCUT2D eigenvalue weighted by Gasteiger charge is -2.16. The second-order valence-electron chi connectivity index (χ2n) is 6.34. The molecule has 0 saturated carbocycles. The van der Waals surface area contributed by atoms with E-state index in [9.17, 15) is 9.18 Å². The van der Waals surface area contributed by atoms with Crippen molar-refractivity contribution in [3.05, 3.63) is 95.6 Å². The van der Waals surface area contributed by atoms with E-state index in [-0.39, 0.29) is 17.8 Å². The number of carbonyl (C=O) groups excluding carboxylic acids is 1. The van der Waals surface area contributed by atoms with Crippen LogP contribution in [0.1, 0.15) is 34.6 Å². The Morgan fingerprint density at radius 3 is 2.56 bits per heavy atom. The van der Waals surface area contributed by atoms with Crippen molar-refractivity contribution in [2.75, 3.05) is 11.9 Å². The summed E-state index contributed by atoms with van der Waals surface area (Å²) in [6, 6.07) is 20.1. The smallest absolute Gasteiger partial charge is 0.269 e. The van der Waals surface area contributed by atoms with Gasteiger partial charge in [-0.15, -0.1) is 0 Å². The number of aromatic nitrogens is 1. The third kappa shape index (κ3) is 5.38. The first-order valence-electron chi connectivity index (χ1n) is 8.92. The molecule has 0 aliphatic heterocycles. The summed E-state index contributed by atoms with van der Waals surface area (Å²) in [6.07, 6.45) is 2.25. The summed E-state index contributed by atoms with van der Waals surface area (Å²) < 4.78 is 12.9. The fourth-order valence-electron chi connectivity index (χ4n) is 2.78. The zero-order valence-corrected chi connectivity index (χ0v) is 15.2. The van der Waals surface area contributed by atoms with Crippen LogP contribution in [0.3, 0.4) is 0 Å². The average Bonchev–Trinajstić information content (AvgIpc) is 2.70. The van der Waals surface area contributed by atoms with Crippen molar-refractivity contribution in [1.82, 2.24) is 10.3 Å². The molecule has 1 aromatic heterocycles. The highest BCUT2D eigenvalue weighted by Gasteiger charge is 2.10. The number of carbonyl (C=O) groups is 1. The lowest BCUT2D eigenvalue weighted by Crippen LogP contribution is -2.26. The molecule has 27 heavy (non-hydrogen) atoms. The molecule has 0 spiro atoms. The number of amides is 1. The molecule has 4 nitrogen and oxygen atoms in total. The Balaban J connectivity index is 1.56. The van der Waals surface area contributed by atoms with E-state index < -0.39 is 0 Å². The molecule has 3 rings (SSSR count). The van der Waals surface area contributed by atoms with Crippen LogP contribution in [0.25, 0.3) is 0 Å². The SMILES string of the molecule is CC(Nc1ccnc(C(=O)NCCc2ccc(F)cc2)c1)c1ccccc1. The Morgan fingerprint density at radius 2 is 1.81 bits per heavy atom. The summed E-state index contributed by atoms with van der Waals surface area (Å²) in [7, 11) is 0. The summed E-state index contributed by atoms with van der Waals surface area (Å²) in [5.74, 6) is -0.492. The number of hydrogen-bond acceptors (Lipinski definition) is 3. The van der Waals surface area contributed by atoms with Crippen molar-refractivity contribution in [1.29, 1.82) is 0 Å². The standard InChI is InChI=1S/C22H22FN3O/c1-16(18-5-3-2-4-6-18)26-20-12-14-24-21(15-20)22(27)25-13-11-17-7-9-19(23)10-8-17/h2-10,12,14-16H,11,13H2,1H3,(H,24,26)(H,25,27). The molecule has 1 amide bonds. The first-order chi connectivity index (χ1) is 13.1. The largest absolute Gasteiger partial charge is 0.378 e. The van der Waals surface area contributed by atoms with Gasteiger partial charge in [0.2, 0.25) is 0 Å². The zero-order chi connectivity index (χ0) is 19.1. The minimum absolute atomic E-state index is 0.114. The zero-order valence-electron chi connectivity index (χ0n) is 15.2. The first kappa shape index (κ1) is 18.6. The van der Waals surface area contributed by atoms with Crippen LogP contribution in [-0.2, 0) is 6.42 Å². The van der Waals surface area contributed by atoms with Gasteiger partial charge in [0.25, 0.3) is 5.91 Å². The van der Waals surface area contributed by atoms with Crippen LogP contribution < -0.4 is 10.6 Å². The molecule has 1 unspecified atom stereocenters. The van der Waals surface area contributed by atoms with Gasteiger partial charge in [0.05, 0.1) is 0 Å². The number of halogens is 1. The third-order valence-corrected chi connectivity index (χ3v) is 4.29. The summed E-state index contributed by atoms with van der Waals surface area (Å²) in [5, 5.41) is 6.24. The minimum Gasteiger partial charge on any atom is -0.378 e. The van der Waals surface area contributed by atoms with Gasteiger partial charge in [-0.05, 0) is 48.7 Å². The minimum atomic E-state index is -0.263. The van der Waals surface area contributed by atoms with Crippen molar-refractivity contribution < 1.29 is 9.18 Å². The number of hydrogen-bond donors (Lipinski definition) is 2. The third-order valence-electron chi connectivity index (χ3n) is 4.29. The Morgan fingerprint density at radius 1 is 1.07 bits per heavy atom. The number of benzene rings is 2. The topological polar surface area (TPSA) is 54.0 Å². The van der Waals surface area contributed by atoms with Crippen LogP contribution in [0.2, 0.25) is 0 Å². The molecule has 0 fully saturated rings. The van der Waals surface area contributed by atoms with E-state index in [4.69, 9.17) is 0 Å². The number of anilines is 1. The number of pyridine rings is 1. The number of nitrogens with zero attached hydrogens (tertiary/aromatic N) is 1. The summed E-state index contributed by atoms with van der Waals surface area (Å²) in [6.45, 7) is 2.53. The predicted molar refractivity (Wildman–Crippen MR) is 105 cm³/mol. The van der Waals surface area contributed by atoms with E-state index in [2.05, 4.69) is 34.7 Å². The maximum Gasteiger partial charge on any atom is 0.269 e. The number of rotatable bonds is 7. The summed E-state index contributed by atoms with van der Waals surface area (Å²) >= 11 is 0. The lowest BCUT2D eigenvalue weighted by atomic mass is 10.1. The monoisotopic (exact) mass is 363 g/mol. The normalized spacial score (nSPS) is 11.6. The highest BCUT2D eigenvalue weighted by molar-refractivity contribution is 5.93. The molecule has 2 aromatic carbocycles. The van der Waals surface area contributed by atoms with E-state index in [1.807, 2.05) is 24.3 Å². The first-order valence-corrected chi connectivity index (χ1v) is 8.92. The molecule has 0 aliphatic carbocycles. The van der Waals surface area contributed by atoms with Crippen molar-refractivity contribution in [3.63, 3.8) is 0 Å². The van der Waals surface area contributed by atoms with E-state index in [1.54, 1.807) is 24.4 Å². The van der Waals surface area contributed by atoms with Gasteiger partial charge in [0.15, 0.2) is 0 Å². The van der Waals surface area contributed by atoms with Crippen LogP contribution >= 0.6 is 0 Å². The molecular formula is C22H22FN3O. The molecule has 0 aliphatic rings. The fourth-order valence-corrected chi connectivity index (χ4v) is 2.78. The molecule has 0 radical (unpaired) electrons. The van der Waals surface area contributed by atoms with Crippen molar-refractivity contribution in [3.8, 4) is 0 Å². The Hall–Kier alpha value is -3.21. The highest BCUT2D eigenvalue weighted by Crippen LogP contribution is 2.19. The van der Waals surface area contributed by atoms with Gasteiger partial charge < -0.3 is 10.6 Å². The second kappa shape index (κ2) is 8.94. The molecule has 1 heterocycles. The van der Waals surface area contributed by atoms with Crippen LogP contribution in [-0.4, -0.2) is 17.4 Å². The van der Waals surface area contributed by atoms with Gasteiger partial charge in [-0.3, -0.25) is 9.78 Å². The van der Waals surface area contributed by atoms with E-state index in [0.29, 0.717) is 18.7 Å². The molecule has 138 valence electrons. The van der Waals surface area contributed by atoms with Gasteiger partial charge in [0.1, 0.15) is 11.5 Å². The van der Waals surface area contributed by atoms with Crippen LogP contribution in [0.5, 0.6) is 0 Å². The molecule has 0 saturated heterocycles. The molecule has 0 bridgehead atoms.